The third kappa shape index (κ3) is 4.04. The first-order valence-corrected chi connectivity index (χ1v) is 7.93. The zero-order chi connectivity index (χ0) is 16.3. The van der Waals surface area contributed by atoms with Crippen LogP contribution in [0, 0.1) is 17.0 Å². The molecule has 1 heterocycles. The van der Waals surface area contributed by atoms with Gasteiger partial charge in [-0.25, -0.2) is 4.98 Å². The average molecular weight is 320 g/mol. The van der Waals surface area contributed by atoms with Crippen LogP contribution in [-0.4, -0.2) is 16.7 Å². The van der Waals surface area contributed by atoms with E-state index in [2.05, 4.69) is 54.9 Å². The van der Waals surface area contributed by atoms with Crippen LogP contribution in [0.4, 0.5) is 0 Å². The molecule has 6 heteroatoms. The van der Waals surface area contributed by atoms with Gasteiger partial charge in [0.05, 0.1) is 5.69 Å². The molecule has 1 aromatic heterocycles. The maximum Gasteiger partial charge on any atom is 0.294 e. The largest absolute Gasteiger partial charge is 0.314 e. The Labute approximate surface area is 134 Å². The highest BCUT2D eigenvalue weighted by molar-refractivity contribution is 7.15. The van der Waals surface area contributed by atoms with E-state index in [4.69, 9.17) is 0 Å². The molecule has 0 radical (unpaired) electrons. The zero-order valence-corrected chi connectivity index (χ0v) is 14.1. The normalized spacial score (nSPS) is 11.5. The summed E-state index contributed by atoms with van der Waals surface area (Å²) in [7, 11) is 0. The molecule has 5 nitrogen and oxygen atoms in total. The van der Waals surface area contributed by atoms with E-state index >= 15 is 0 Å². The molecule has 0 saturated heterocycles. The van der Waals surface area contributed by atoms with E-state index in [0.717, 1.165) is 21.1 Å². The lowest BCUT2D eigenvalue weighted by Crippen LogP contribution is -2.10. The van der Waals surface area contributed by atoms with E-state index in [9.17, 15) is 10.1 Å². The summed E-state index contributed by atoms with van der Waals surface area (Å²) in [5.41, 5.74) is 3.39. The highest BCUT2D eigenvalue weighted by Crippen LogP contribution is 2.30. The molecule has 0 fully saturated rings. The predicted molar refractivity (Wildman–Crippen MR) is 87.6 cm³/mol. The Hall–Kier alpha value is -1.95. The van der Waals surface area contributed by atoms with Gasteiger partial charge in [-0.2, -0.15) is 0 Å². The lowest BCUT2D eigenvalue weighted by Gasteiger charge is -2.18. The topological polar surface area (TPSA) is 65.3 Å². The Morgan fingerprint density at radius 1 is 1.27 bits per heavy atom. The SMILES string of the molecule is Cc1nc(-c2ccc(C(C)(C)C)cc2)sc1CCO[N+](=O)[O-]. The van der Waals surface area contributed by atoms with Gasteiger partial charge in [-0.15, -0.1) is 21.5 Å². The molecule has 0 saturated carbocycles. The van der Waals surface area contributed by atoms with Gasteiger partial charge in [-0.3, -0.25) is 0 Å². The summed E-state index contributed by atoms with van der Waals surface area (Å²) in [6.07, 6.45) is 0.505. The molecule has 0 unspecified atom stereocenters. The Morgan fingerprint density at radius 2 is 1.91 bits per heavy atom. The van der Waals surface area contributed by atoms with E-state index in [1.54, 1.807) is 11.3 Å². The lowest BCUT2D eigenvalue weighted by molar-refractivity contribution is -0.757. The fourth-order valence-electron chi connectivity index (χ4n) is 2.11. The summed E-state index contributed by atoms with van der Waals surface area (Å²) in [6, 6.07) is 8.41. The van der Waals surface area contributed by atoms with Crippen LogP contribution in [0.25, 0.3) is 10.6 Å². The van der Waals surface area contributed by atoms with Crippen molar-refractivity contribution in [3.05, 3.63) is 50.5 Å². The molecule has 1 aromatic carbocycles. The van der Waals surface area contributed by atoms with Crippen molar-refractivity contribution in [2.45, 2.75) is 39.5 Å². The van der Waals surface area contributed by atoms with Crippen molar-refractivity contribution in [1.82, 2.24) is 4.98 Å². The van der Waals surface area contributed by atoms with E-state index in [1.807, 2.05) is 6.92 Å². The molecule has 0 spiro atoms. The second-order valence-corrected chi connectivity index (χ2v) is 7.25. The van der Waals surface area contributed by atoms with Crippen LogP contribution in [0.5, 0.6) is 0 Å². The second kappa shape index (κ2) is 6.44. The van der Waals surface area contributed by atoms with Crippen molar-refractivity contribution in [2.24, 2.45) is 0 Å². The second-order valence-electron chi connectivity index (χ2n) is 6.16. The first-order chi connectivity index (χ1) is 10.3. The van der Waals surface area contributed by atoms with Crippen LogP contribution in [0.3, 0.4) is 0 Å². The zero-order valence-electron chi connectivity index (χ0n) is 13.3. The third-order valence-electron chi connectivity index (χ3n) is 3.42. The van der Waals surface area contributed by atoms with Crippen molar-refractivity contribution in [3.63, 3.8) is 0 Å². The molecule has 0 aliphatic heterocycles. The lowest BCUT2D eigenvalue weighted by atomic mass is 9.87. The number of hydrogen-bond acceptors (Lipinski definition) is 5. The molecule has 2 rings (SSSR count). The van der Waals surface area contributed by atoms with Crippen molar-refractivity contribution >= 4 is 11.3 Å². The van der Waals surface area contributed by atoms with Gasteiger partial charge >= 0.3 is 0 Å². The standard InChI is InChI=1S/C16H20N2O3S/c1-11-14(9-10-21-18(19)20)22-15(17-11)12-5-7-13(8-6-12)16(2,3)4/h5-8H,9-10H2,1-4H3. The van der Waals surface area contributed by atoms with Crippen LogP contribution in [0.15, 0.2) is 24.3 Å². The molecule has 0 bridgehead atoms. The van der Waals surface area contributed by atoms with Crippen LogP contribution < -0.4 is 0 Å². The van der Waals surface area contributed by atoms with Gasteiger partial charge in [0.1, 0.15) is 11.6 Å². The number of benzene rings is 1. The molecule has 0 aliphatic carbocycles. The van der Waals surface area contributed by atoms with Gasteiger partial charge in [0, 0.05) is 16.9 Å². The molecular weight excluding hydrogens is 300 g/mol. The molecule has 0 atom stereocenters. The highest BCUT2D eigenvalue weighted by atomic mass is 32.1. The van der Waals surface area contributed by atoms with Gasteiger partial charge in [-0.1, -0.05) is 45.0 Å². The summed E-state index contributed by atoms with van der Waals surface area (Å²) in [5, 5.41) is 10.4. The maximum atomic E-state index is 10.2. The Balaban J connectivity index is 2.14. The Kier molecular flexibility index (Phi) is 4.81. The number of thiazole rings is 1. The molecule has 0 aliphatic rings. The minimum Gasteiger partial charge on any atom is -0.314 e. The summed E-state index contributed by atoms with van der Waals surface area (Å²) < 4.78 is 0. The van der Waals surface area contributed by atoms with Crippen molar-refractivity contribution in [1.29, 1.82) is 0 Å². The fourth-order valence-corrected chi connectivity index (χ4v) is 3.16. The summed E-state index contributed by atoms with van der Waals surface area (Å²) >= 11 is 1.56. The van der Waals surface area contributed by atoms with Gasteiger partial charge in [0.25, 0.3) is 5.09 Å². The molecular formula is C16H20N2O3S. The number of nitrogens with zero attached hydrogens (tertiary/aromatic N) is 2. The monoisotopic (exact) mass is 320 g/mol. The van der Waals surface area contributed by atoms with Gasteiger partial charge < -0.3 is 4.84 Å². The molecule has 22 heavy (non-hydrogen) atoms. The van der Waals surface area contributed by atoms with Gasteiger partial charge in [0.15, 0.2) is 0 Å². The number of aromatic nitrogens is 1. The van der Waals surface area contributed by atoms with Gasteiger partial charge in [-0.05, 0) is 17.9 Å². The average Bonchev–Trinajstić information content (AvgIpc) is 2.79. The first kappa shape index (κ1) is 16.4. The van der Waals surface area contributed by atoms with Crippen molar-refractivity contribution < 1.29 is 9.92 Å². The van der Waals surface area contributed by atoms with Crippen LogP contribution in [0.2, 0.25) is 0 Å². The van der Waals surface area contributed by atoms with Crippen LogP contribution in [0.1, 0.15) is 36.9 Å². The van der Waals surface area contributed by atoms with E-state index in [-0.39, 0.29) is 12.0 Å². The van der Waals surface area contributed by atoms with E-state index in [0.29, 0.717) is 6.42 Å². The van der Waals surface area contributed by atoms with Crippen LogP contribution in [-0.2, 0) is 16.7 Å². The first-order valence-electron chi connectivity index (χ1n) is 7.12. The van der Waals surface area contributed by atoms with E-state index < -0.39 is 5.09 Å². The highest BCUT2D eigenvalue weighted by Gasteiger charge is 2.14. The van der Waals surface area contributed by atoms with Crippen molar-refractivity contribution in [3.8, 4) is 10.6 Å². The minimum absolute atomic E-state index is 0.0679. The fraction of sp³-hybridized carbons (Fsp3) is 0.438. The Morgan fingerprint density at radius 3 is 2.45 bits per heavy atom. The smallest absolute Gasteiger partial charge is 0.294 e. The van der Waals surface area contributed by atoms with Crippen molar-refractivity contribution in [2.75, 3.05) is 6.61 Å². The Bertz CT molecular complexity index is 657. The number of rotatable bonds is 5. The summed E-state index contributed by atoms with van der Waals surface area (Å²) in [6.45, 7) is 8.54. The molecule has 0 N–H and O–H groups in total. The maximum absolute atomic E-state index is 10.2. The summed E-state index contributed by atoms with van der Waals surface area (Å²) in [4.78, 5) is 20.1. The molecule has 118 valence electrons. The predicted octanol–water partition coefficient (Wildman–Crippen LogP) is 4.17. The minimum atomic E-state index is -0.761. The number of hydrogen-bond donors (Lipinski definition) is 0. The summed E-state index contributed by atoms with van der Waals surface area (Å²) in [5.74, 6) is 0. The van der Waals surface area contributed by atoms with Crippen LogP contribution >= 0.6 is 11.3 Å². The molecule has 2 aromatic rings. The quantitative estimate of drug-likeness (QED) is 0.612. The van der Waals surface area contributed by atoms with E-state index in [1.165, 1.54) is 5.56 Å². The number of aryl methyl sites for hydroxylation is 1. The third-order valence-corrected chi connectivity index (χ3v) is 4.68. The molecule has 0 amide bonds. The van der Waals surface area contributed by atoms with Gasteiger partial charge in [0.2, 0.25) is 0 Å².